The summed E-state index contributed by atoms with van der Waals surface area (Å²) >= 11 is 0. The lowest BCUT2D eigenvalue weighted by Crippen LogP contribution is -2.10. The third-order valence-corrected chi connectivity index (χ3v) is 4.17. The Bertz CT molecular complexity index is 579. The Hall–Kier alpha value is -1.70. The quantitative estimate of drug-likeness (QED) is 0.720. The molecule has 18 heavy (non-hydrogen) atoms. The third kappa shape index (κ3) is 1.56. The number of nitrogens with one attached hydrogen (secondary N) is 1. The second-order valence-electron chi connectivity index (χ2n) is 5.40. The highest BCUT2D eigenvalue weighted by molar-refractivity contribution is 5.75. The number of H-pyrrole nitrogens is 1. The van der Waals surface area contributed by atoms with Gasteiger partial charge in [-0.25, -0.2) is 0 Å². The van der Waals surface area contributed by atoms with E-state index < -0.39 is 0 Å². The molecule has 1 aromatic heterocycles. The van der Waals surface area contributed by atoms with Gasteiger partial charge >= 0.3 is 0 Å². The number of hydrogen-bond acceptors (Lipinski definition) is 1. The zero-order chi connectivity index (χ0) is 11.9. The minimum Gasteiger partial charge on any atom is -0.490 e. The lowest BCUT2D eigenvalue weighted by Gasteiger charge is -2.14. The van der Waals surface area contributed by atoms with E-state index in [9.17, 15) is 0 Å². The normalized spacial score (nSPS) is 17.8. The monoisotopic (exact) mass is 239 g/mol. The van der Waals surface area contributed by atoms with E-state index in [-0.39, 0.29) is 0 Å². The molecule has 2 nitrogen and oxygen atoms in total. The fraction of sp³-hybridized carbons (Fsp3) is 0.375. The molecule has 2 aliphatic carbocycles. The Morgan fingerprint density at radius 3 is 2.83 bits per heavy atom. The summed E-state index contributed by atoms with van der Waals surface area (Å²) in [6.07, 6.45) is 8.57. The van der Waals surface area contributed by atoms with Gasteiger partial charge in [-0.1, -0.05) is 6.07 Å². The smallest absolute Gasteiger partial charge is 0.120 e. The number of ether oxygens (including phenoxy) is 1. The highest BCUT2D eigenvalue weighted by atomic mass is 16.5. The molecule has 2 heteroatoms. The fourth-order valence-electron chi connectivity index (χ4n) is 3.22. The minimum absolute atomic E-state index is 0.438. The molecular formula is C16H17NO. The van der Waals surface area contributed by atoms with Gasteiger partial charge in [0.2, 0.25) is 0 Å². The molecule has 0 amide bonds. The molecule has 92 valence electrons. The van der Waals surface area contributed by atoms with Crippen LogP contribution in [0.25, 0.3) is 11.3 Å². The zero-order valence-corrected chi connectivity index (χ0v) is 10.4. The van der Waals surface area contributed by atoms with Crippen molar-refractivity contribution in [1.82, 2.24) is 4.98 Å². The van der Waals surface area contributed by atoms with Crippen molar-refractivity contribution in [3.05, 3.63) is 41.6 Å². The maximum atomic E-state index is 6.08. The van der Waals surface area contributed by atoms with E-state index in [0.29, 0.717) is 6.10 Å². The van der Waals surface area contributed by atoms with E-state index in [2.05, 4.69) is 29.2 Å². The summed E-state index contributed by atoms with van der Waals surface area (Å²) in [4.78, 5) is 3.34. The first-order chi connectivity index (χ1) is 8.90. The Morgan fingerprint density at radius 2 is 1.94 bits per heavy atom. The molecule has 0 bridgehead atoms. The molecule has 4 rings (SSSR count). The average molecular weight is 239 g/mol. The summed E-state index contributed by atoms with van der Waals surface area (Å²) in [6, 6.07) is 8.72. The highest BCUT2D eigenvalue weighted by Gasteiger charge is 2.21. The van der Waals surface area contributed by atoms with Crippen LogP contribution in [0.3, 0.4) is 0 Å². The van der Waals surface area contributed by atoms with Crippen LogP contribution < -0.4 is 4.74 Å². The van der Waals surface area contributed by atoms with Crippen LogP contribution in [0.5, 0.6) is 5.75 Å². The van der Waals surface area contributed by atoms with Crippen molar-refractivity contribution < 1.29 is 4.74 Å². The van der Waals surface area contributed by atoms with Crippen LogP contribution in [0.1, 0.15) is 36.8 Å². The van der Waals surface area contributed by atoms with Gasteiger partial charge < -0.3 is 9.72 Å². The molecule has 2 aromatic rings. The van der Waals surface area contributed by atoms with E-state index in [1.807, 2.05) is 6.20 Å². The zero-order valence-electron chi connectivity index (χ0n) is 10.4. The van der Waals surface area contributed by atoms with E-state index in [1.165, 1.54) is 48.1 Å². The average Bonchev–Trinajstić information content (AvgIpc) is 3.05. The molecule has 1 heterocycles. The number of benzene rings is 1. The summed E-state index contributed by atoms with van der Waals surface area (Å²) in [5.74, 6) is 1.03. The second-order valence-corrected chi connectivity index (χ2v) is 5.40. The third-order valence-electron chi connectivity index (χ3n) is 4.17. The van der Waals surface area contributed by atoms with Gasteiger partial charge in [0, 0.05) is 23.9 Å². The molecule has 0 radical (unpaired) electrons. The molecular weight excluding hydrogens is 222 g/mol. The predicted octanol–water partition coefficient (Wildman–Crippen LogP) is 3.91. The molecule has 1 saturated carbocycles. The lowest BCUT2D eigenvalue weighted by atomic mass is 10.1. The van der Waals surface area contributed by atoms with Crippen LogP contribution in [-0.4, -0.2) is 11.1 Å². The second kappa shape index (κ2) is 3.91. The van der Waals surface area contributed by atoms with Crippen LogP contribution in [0.4, 0.5) is 0 Å². The van der Waals surface area contributed by atoms with Gasteiger partial charge in [-0.15, -0.1) is 0 Å². The van der Waals surface area contributed by atoms with Crippen LogP contribution in [0.2, 0.25) is 0 Å². The van der Waals surface area contributed by atoms with Crippen LogP contribution in [0, 0.1) is 0 Å². The Morgan fingerprint density at radius 1 is 1.06 bits per heavy atom. The molecule has 0 unspecified atom stereocenters. The summed E-state index contributed by atoms with van der Waals surface area (Å²) in [7, 11) is 0. The van der Waals surface area contributed by atoms with Crippen LogP contribution in [-0.2, 0) is 6.42 Å². The van der Waals surface area contributed by atoms with Gasteiger partial charge in [0.15, 0.2) is 0 Å². The van der Waals surface area contributed by atoms with Gasteiger partial charge in [0.25, 0.3) is 0 Å². The number of hydrogen-bond donors (Lipinski definition) is 1. The van der Waals surface area contributed by atoms with Gasteiger partial charge in [-0.05, 0) is 55.0 Å². The molecule has 1 aromatic carbocycles. The molecule has 1 fully saturated rings. The van der Waals surface area contributed by atoms with Crippen molar-refractivity contribution in [1.29, 1.82) is 0 Å². The molecule has 0 atom stereocenters. The fourth-order valence-corrected chi connectivity index (χ4v) is 3.22. The standard InChI is InChI=1S/C16H17NO/c1-2-4-13(3-1)18-14-6-5-11-9-12-7-8-17-16(12)15(11)10-14/h5-8,10,13,17H,1-4,9H2. The first-order valence-corrected chi connectivity index (χ1v) is 6.86. The minimum atomic E-state index is 0.438. The molecule has 0 aliphatic heterocycles. The number of aromatic amines is 1. The number of aromatic nitrogens is 1. The molecule has 0 spiro atoms. The van der Waals surface area contributed by atoms with E-state index in [4.69, 9.17) is 4.74 Å². The lowest BCUT2D eigenvalue weighted by molar-refractivity contribution is 0.210. The Labute approximate surface area is 107 Å². The number of fused-ring (bicyclic) bond motifs is 3. The first-order valence-electron chi connectivity index (χ1n) is 6.86. The first kappa shape index (κ1) is 10.2. The van der Waals surface area contributed by atoms with Crippen molar-refractivity contribution in [2.75, 3.05) is 0 Å². The summed E-state index contributed by atoms with van der Waals surface area (Å²) in [5, 5.41) is 0. The Kier molecular flexibility index (Phi) is 2.22. The molecule has 0 saturated heterocycles. The van der Waals surface area contributed by atoms with Gasteiger partial charge in [0.05, 0.1) is 6.10 Å². The highest BCUT2D eigenvalue weighted by Crippen LogP contribution is 2.38. The summed E-state index contributed by atoms with van der Waals surface area (Å²) in [6.45, 7) is 0. The summed E-state index contributed by atoms with van der Waals surface area (Å²) < 4.78 is 6.08. The Balaban J connectivity index is 1.66. The van der Waals surface area contributed by atoms with E-state index in [1.54, 1.807) is 0 Å². The SMILES string of the molecule is c1cc2c([nH]1)-c1cc(OC3CCCC3)ccc1C2. The predicted molar refractivity (Wildman–Crippen MR) is 71.9 cm³/mol. The van der Waals surface area contributed by atoms with Crippen molar-refractivity contribution in [3.8, 4) is 17.0 Å². The topological polar surface area (TPSA) is 25.0 Å². The van der Waals surface area contributed by atoms with Crippen LogP contribution in [0.15, 0.2) is 30.5 Å². The van der Waals surface area contributed by atoms with Crippen molar-refractivity contribution in [2.24, 2.45) is 0 Å². The molecule has 2 aliphatic rings. The van der Waals surface area contributed by atoms with Crippen LogP contribution >= 0.6 is 0 Å². The maximum absolute atomic E-state index is 6.08. The molecule has 1 N–H and O–H groups in total. The van der Waals surface area contributed by atoms with E-state index >= 15 is 0 Å². The van der Waals surface area contributed by atoms with Gasteiger partial charge in [-0.2, -0.15) is 0 Å². The van der Waals surface area contributed by atoms with Crippen molar-refractivity contribution in [3.63, 3.8) is 0 Å². The van der Waals surface area contributed by atoms with Crippen molar-refractivity contribution in [2.45, 2.75) is 38.2 Å². The largest absolute Gasteiger partial charge is 0.490 e. The van der Waals surface area contributed by atoms with Gasteiger partial charge in [-0.3, -0.25) is 0 Å². The maximum Gasteiger partial charge on any atom is 0.120 e. The number of rotatable bonds is 2. The van der Waals surface area contributed by atoms with Gasteiger partial charge in [0.1, 0.15) is 5.75 Å². The van der Waals surface area contributed by atoms with Crippen molar-refractivity contribution >= 4 is 0 Å². The van der Waals surface area contributed by atoms with E-state index in [0.717, 1.165) is 12.2 Å². The summed E-state index contributed by atoms with van der Waals surface area (Å²) in [5.41, 5.74) is 5.42.